The van der Waals surface area contributed by atoms with E-state index in [0.717, 1.165) is 33.8 Å². The first-order valence-corrected chi connectivity index (χ1v) is 9.92. The van der Waals surface area contributed by atoms with Gasteiger partial charge in [-0.3, -0.25) is 9.48 Å². The molecule has 0 N–H and O–H groups in total. The van der Waals surface area contributed by atoms with Crippen molar-refractivity contribution >= 4 is 39.2 Å². The van der Waals surface area contributed by atoms with Crippen molar-refractivity contribution in [2.75, 3.05) is 6.26 Å². The second kappa shape index (κ2) is 6.94. The number of amides is 1. The zero-order valence-electron chi connectivity index (χ0n) is 14.2. The average molecular weight is 361 g/mol. The summed E-state index contributed by atoms with van der Waals surface area (Å²) < 4.78 is 5.03. The molecule has 2 aromatic heterocycles. The SMILES string of the molecule is CCn1nc(C(=O)N=c2sc3cc(SC)ccc3n2CC)cc1C. The Balaban J connectivity index is 2.09. The van der Waals surface area contributed by atoms with Crippen LogP contribution < -0.4 is 4.80 Å². The fraction of sp³-hybridized carbons (Fsp3) is 0.353. The quantitative estimate of drug-likeness (QED) is 0.667. The maximum absolute atomic E-state index is 12.5. The van der Waals surface area contributed by atoms with Gasteiger partial charge in [0.2, 0.25) is 0 Å². The zero-order valence-corrected chi connectivity index (χ0v) is 15.9. The number of hydrogen-bond donors (Lipinski definition) is 0. The van der Waals surface area contributed by atoms with Crippen LogP contribution in [0.5, 0.6) is 0 Å². The average Bonchev–Trinajstić information content (AvgIpc) is 3.13. The van der Waals surface area contributed by atoms with Gasteiger partial charge < -0.3 is 4.57 Å². The van der Waals surface area contributed by atoms with Crippen molar-refractivity contribution < 1.29 is 4.79 Å². The third-order valence-corrected chi connectivity index (χ3v) is 5.67. The van der Waals surface area contributed by atoms with Crippen LogP contribution in [0.25, 0.3) is 10.2 Å². The molecule has 0 aliphatic rings. The molecule has 0 saturated carbocycles. The number of aryl methyl sites for hydroxylation is 3. The van der Waals surface area contributed by atoms with Crippen LogP contribution in [0.15, 0.2) is 34.2 Å². The van der Waals surface area contributed by atoms with E-state index in [2.05, 4.69) is 46.0 Å². The molecular formula is C17H20N4OS2. The molecule has 0 spiro atoms. The Morgan fingerprint density at radius 3 is 2.71 bits per heavy atom. The number of benzene rings is 1. The molecule has 24 heavy (non-hydrogen) atoms. The molecule has 3 aromatic rings. The summed E-state index contributed by atoms with van der Waals surface area (Å²) in [6, 6.07) is 8.14. The minimum absolute atomic E-state index is 0.288. The Bertz CT molecular complexity index is 965. The van der Waals surface area contributed by atoms with Crippen LogP contribution in [0.3, 0.4) is 0 Å². The Labute approximate surface area is 149 Å². The molecule has 1 amide bonds. The van der Waals surface area contributed by atoms with Crippen molar-refractivity contribution in [1.82, 2.24) is 14.3 Å². The largest absolute Gasteiger partial charge is 0.317 e. The van der Waals surface area contributed by atoms with Gasteiger partial charge >= 0.3 is 0 Å². The molecule has 0 aliphatic heterocycles. The molecule has 0 saturated heterocycles. The van der Waals surface area contributed by atoms with Crippen LogP contribution in [0.2, 0.25) is 0 Å². The number of hydrogen-bond acceptors (Lipinski definition) is 4. The van der Waals surface area contributed by atoms with E-state index in [9.17, 15) is 4.79 Å². The molecule has 0 radical (unpaired) electrons. The number of carbonyl (C=O) groups is 1. The summed E-state index contributed by atoms with van der Waals surface area (Å²) in [6.07, 6.45) is 2.06. The fourth-order valence-electron chi connectivity index (χ4n) is 2.65. The highest BCUT2D eigenvalue weighted by atomic mass is 32.2. The van der Waals surface area contributed by atoms with E-state index in [1.54, 1.807) is 29.2 Å². The van der Waals surface area contributed by atoms with Crippen LogP contribution in [0.4, 0.5) is 0 Å². The molecule has 7 heteroatoms. The third kappa shape index (κ3) is 3.06. The lowest BCUT2D eigenvalue weighted by molar-refractivity contribution is 0.0992. The summed E-state index contributed by atoms with van der Waals surface area (Å²) in [6.45, 7) is 7.53. The van der Waals surface area contributed by atoms with Crippen LogP contribution in [0, 0.1) is 6.92 Å². The van der Waals surface area contributed by atoms with Crippen molar-refractivity contribution in [2.24, 2.45) is 4.99 Å². The summed E-state index contributed by atoms with van der Waals surface area (Å²) in [5.74, 6) is -0.288. The number of nitrogens with zero attached hydrogens (tertiary/aromatic N) is 4. The first-order chi connectivity index (χ1) is 11.6. The molecular weight excluding hydrogens is 340 g/mol. The number of thiazole rings is 1. The lowest BCUT2D eigenvalue weighted by Crippen LogP contribution is -2.16. The highest BCUT2D eigenvalue weighted by molar-refractivity contribution is 7.98. The number of aromatic nitrogens is 3. The van der Waals surface area contributed by atoms with Crippen LogP contribution in [-0.2, 0) is 13.1 Å². The van der Waals surface area contributed by atoms with Crippen molar-refractivity contribution in [2.45, 2.75) is 38.8 Å². The Kier molecular flexibility index (Phi) is 4.91. The van der Waals surface area contributed by atoms with Crippen LogP contribution >= 0.6 is 23.1 Å². The highest BCUT2D eigenvalue weighted by Gasteiger charge is 2.13. The monoisotopic (exact) mass is 360 g/mol. The molecule has 1 aromatic carbocycles. The van der Waals surface area contributed by atoms with Gasteiger partial charge in [0.1, 0.15) is 0 Å². The summed E-state index contributed by atoms with van der Waals surface area (Å²) >= 11 is 3.26. The van der Waals surface area contributed by atoms with Gasteiger partial charge in [-0.15, -0.1) is 11.8 Å². The van der Waals surface area contributed by atoms with Gasteiger partial charge in [0.05, 0.1) is 10.2 Å². The summed E-state index contributed by atoms with van der Waals surface area (Å²) in [5.41, 5.74) is 2.49. The lowest BCUT2D eigenvalue weighted by Gasteiger charge is -2.01. The van der Waals surface area contributed by atoms with Crippen molar-refractivity contribution in [1.29, 1.82) is 0 Å². The van der Waals surface area contributed by atoms with Crippen molar-refractivity contribution in [3.8, 4) is 0 Å². The minimum Gasteiger partial charge on any atom is -0.317 e. The first kappa shape index (κ1) is 17.0. The summed E-state index contributed by atoms with van der Waals surface area (Å²) in [5, 5.41) is 4.33. The molecule has 0 atom stereocenters. The normalized spacial score (nSPS) is 12.2. The van der Waals surface area contributed by atoms with E-state index in [-0.39, 0.29) is 5.91 Å². The van der Waals surface area contributed by atoms with E-state index in [1.165, 1.54) is 4.90 Å². The standard InChI is InChI=1S/C17H20N4OS2/c1-5-20-14-8-7-12(23-4)10-15(14)24-17(20)18-16(22)13-9-11(3)21(6-2)19-13/h7-10H,5-6H2,1-4H3. The molecule has 0 fully saturated rings. The predicted octanol–water partition coefficient (Wildman–Crippen LogP) is 3.71. The van der Waals surface area contributed by atoms with Crippen molar-refractivity contribution in [3.63, 3.8) is 0 Å². The molecule has 126 valence electrons. The maximum Gasteiger partial charge on any atom is 0.300 e. The molecule has 3 rings (SSSR count). The van der Waals surface area contributed by atoms with Crippen LogP contribution in [0.1, 0.15) is 30.0 Å². The number of rotatable bonds is 4. The number of fused-ring (bicyclic) bond motifs is 1. The molecule has 5 nitrogen and oxygen atoms in total. The number of thioether (sulfide) groups is 1. The van der Waals surface area contributed by atoms with E-state index in [0.29, 0.717) is 5.69 Å². The van der Waals surface area contributed by atoms with Crippen LogP contribution in [-0.4, -0.2) is 26.5 Å². The van der Waals surface area contributed by atoms with Gasteiger partial charge in [-0.25, -0.2) is 0 Å². The molecule has 0 bridgehead atoms. The first-order valence-electron chi connectivity index (χ1n) is 7.88. The van der Waals surface area contributed by atoms with E-state index in [1.807, 2.05) is 18.5 Å². The maximum atomic E-state index is 12.5. The summed E-state index contributed by atoms with van der Waals surface area (Å²) in [7, 11) is 0. The lowest BCUT2D eigenvalue weighted by atomic mass is 10.3. The van der Waals surface area contributed by atoms with E-state index in [4.69, 9.17) is 0 Å². The smallest absolute Gasteiger partial charge is 0.300 e. The Hall–Kier alpha value is -1.86. The van der Waals surface area contributed by atoms with E-state index < -0.39 is 0 Å². The van der Waals surface area contributed by atoms with Gasteiger partial charge in [0, 0.05) is 23.7 Å². The molecule has 2 heterocycles. The highest BCUT2D eigenvalue weighted by Crippen LogP contribution is 2.24. The van der Waals surface area contributed by atoms with Gasteiger partial charge in [-0.1, -0.05) is 11.3 Å². The Morgan fingerprint density at radius 1 is 1.29 bits per heavy atom. The van der Waals surface area contributed by atoms with Gasteiger partial charge in [-0.2, -0.15) is 10.1 Å². The Morgan fingerprint density at radius 2 is 2.08 bits per heavy atom. The number of carbonyl (C=O) groups excluding carboxylic acids is 1. The second-order valence-corrected chi connectivity index (χ2v) is 7.25. The summed E-state index contributed by atoms with van der Waals surface area (Å²) in [4.78, 5) is 18.8. The second-order valence-electron chi connectivity index (χ2n) is 5.37. The predicted molar refractivity (Wildman–Crippen MR) is 99.8 cm³/mol. The van der Waals surface area contributed by atoms with Gasteiger partial charge in [-0.05, 0) is 51.3 Å². The molecule has 0 unspecified atom stereocenters. The fourth-order valence-corrected chi connectivity index (χ4v) is 4.30. The van der Waals surface area contributed by atoms with Crippen molar-refractivity contribution in [3.05, 3.63) is 40.5 Å². The third-order valence-electron chi connectivity index (χ3n) is 3.90. The van der Waals surface area contributed by atoms with E-state index >= 15 is 0 Å². The van der Waals surface area contributed by atoms with Gasteiger partial charge in [0.25, 0.3) is 5.91 Å². The molecule has 0 aliphatic carbocycles. The topological polar surface area (TPSA) is 52.2 Å². The zero-order chi connectivity index (χ0) is 17.3. The van der Waals surface area contributed by atoms with Gasteiger partial charge in [0.15, 0.2) is 10.5 Å². The minimum atomic E-state index is -0.288.